The number of aliphatic hydroxyl groups is 3. The molecule has 1 aromatic rings. The molecule has 72 valence electrons. The van der Waals surface area contributed by atoms with Crippen molar-refractivity contribution < 1.29 is 20.4 Å². The average molecular weight is 184 g/mol. The van der Waals surface area contributed by atoms with Crippen LogP contribution in [0.1, 0.15) is 16.7 Å². The molecule has 0 unspecified atom stereocenters. The Morgan fingerprint density at radius 3 is 1.62 bits per heavy atom. The van der Waals surface area contributed by atoms with E-state index in [1.807, 2.05) is 0 Å². The van der Waals surface area contributed by atoms with Crippen molar-refractivity contribution in [3.63, 3.8) is 0 Å². The van der Waals surface area contributed by atoms with Gasteiger partial charge in [-0.25, -0.2) is 0 Å². The maximum absolute atomic E-state index is 9.41. The Balaban J connectivity index is 3.20. The van der Waals surface area contributed by atoms with Crippen LogP contribution in [0.5, 0.6) is 5.75 Å². The predicted octanol–water partition coefficient (Wildman–Crippen LogP) is -0.131. The summed E-state index contributed by atoms with van der Waals surface area (Å²) < 4.78 is 0. The molecule has 4 N–H and O–H groups in total. The molecule has 0 atom stereocenters. The van der Waals surface area contributed by atoms with Gasteiger partial charge in [0.05, 0.1) is 19.8 Å². The molecule has 0 aliphatic heterocycles. The molecule has 0 bridgehead atoms. The Hall–Kier alpha value is -1.10. The van der Waals surface area contributed by atoms with Crippen LogP contribution in [0.25, 0.3) is 0 Å². The second kappa shape index (κ2) is 4.23. The smallest absolute Gasteiger partial charge is 0.126 e. The van der Waals surface area contributed by atoms with Gasteiger partial charge in [-0.05, 0) is 17.7 Å². The molecular formula is C9H12O4. The second-order valence-electron chi connectivity index (χ2n) is 2.74. The molecular weight excluding hydrogens is 172 g/mol. The number of hydrogen-bond donors (Lipinski definition) is 4. The Kier molecular flexibility index (Phi) is 3.25. The van der Waals surface area contributed by atoms with Crippen molar-refractivity contribution in [1.29, 1.82) is 0 Å². The van der Waals surface area contributed by atoms with Gasteiger partial charge in [-0.2, -0.15) is 0 Å². The summed E-state index contributed by atoms with van der Waals surface area (Å²) in [6.07, 6.45) is 0. The van der Waals surface area contributed by atoms with Gasteiger partial charge in [0.1, 0.15) is 5.75 Å². The summed E-state index contributed by atoms with van der Waals surface area (Å²) in [5, 5.41) is 35.9. The third-order valence-corrected chi connectivity index (χ3v) is 1.85. The van der Waals surface area contributed by atoms with Crippen LogP contribution in [0.4, 0.5) is 0 Å². The standard InChI is InChI=1S/C9H12O4/c10-3-6-1-7(4-11)9(13)8(2-6)5-12/h1-2,10-13H,3-5H2. The van der Waals surface area contributed by atoms with Gasteiger partial charge >= 0.3 is 0 Å². The molecule has 0 heterocycles. The van der Waals surface area contributed by atoms with E-state index in [1.54, 1.807) is 0 Å². The molecule has 0 radical (unpaired) electrons. The van der Waals surface area contributed by atoms with E-state index >= 15 is 0 Å². The zero-order valence-electron chi connectivity index (χ0n) is 7.06. The fourth-order valence-corrected chi connectivity index (χ4v) is 1.16. The molecule has 4 nitrogen and oxygen atoms in total. The molecule has 0 aliphatic carbocycles. The van der Waals surface area contributed by atoms with Gasteiger partial charge in [0.2, 0.25) is 0 Å². The van der Waals surface area contributed by atoms with Crippen molar-refractivity contribution in [3.8, 4) is 5.75 Å². The summed E-state index contributed by atoms with van der Waals surface area (Å²) in [4.78, 5) is 0. The lowest BCUT2D eigenvalue weighted by atomic mass is 10.1. The zero-order valence-corrected chi connectivity index (χ0v) is 7.06. The van der Waals surface area contributed by atoms with Crippen LogP contribution in [0.3, 0.4) is 0 Å². The maximum atomic E-state index is 9.41. The van der Waals surface area contributed by atoms with Gasteiger partial charge in [-0.1, -0.05) is 0 Å². The van der Waals surface area contributed by atoms with Crippen LogP contribution in [0.2, 0.25) is 0 Å². The number of hydrogen-bond acceptors (Lipinski definition) is 4. The lowest BCUT2D eigenvalue weighted by molar-refractivity contribution is 0.259. The Morgan fingerprint density at radius 2 is 1.31 bits per heavy atom. The lowest BCUT2D eigenvalue weighted by Crippen LogP contribution is -1.95. The molecule has 0 aromatic heterocycles. The summed E-state index contributed by atoms with van der Waals surface area (Å²) in [5.41, 5.74) is 1.19. The summed E-state index contributed by atoms with van der Waals surface area (Å²) in [6.45, 7) is -0.806. The fourth-order valence-electron chi connectivity index (χ4n) is 1.16. The highest BCUT2D eigenvalue weighted by molar-refractivity contribution is 5.42. The van der Waals surface area contributed by atoms with E-state index in [1.165, 1.54) is 12.1 Å². The topological polar surface area (TPSA) is 80.9 Å². The van der Waals surface area contributed by atoms with Crippen LogP contribution in [0.15, 0.2) is 12.1 Å². The van der Waals surface area contributed by atoms with Crippen LogP contribution in [0, 0.1) is 0 Å². The molecule has 0 amide bonds. The summed E-state index contributed by atoms with van der Waals surface area (Å²) in [7, 11) is 0. The summed E-state index contributed by atoms with van der Waals surface area (Å²) in [6, 6.07) is 2.99. The minimum absolute atomic E-state index is 0.109. The third-order valence-electron chi connectivity index (χ3n) is 1.85. The first-order valence-corrected chi connectivity index (χ1v) is 3.89. The first kappa shape index (κ1) is 9.98. The Morgan fingerprint density at radius 1 is 0.846 bits per heavy atom. The molecule has 1 rings (SSSR count). The molecule has 4 heteroatoms. The van der Waals surface area contributed by atoms with Crippen molar-refractivity contribution in [2.45, 2.75) is 19.8 Å². The van der Waals surface area contributed by atoms with Crippen molar-refractivity contribution >= 4 is 0 Å². The van der Waals surface area contributed by atoms with Crippen LogP contribution >= 0.6 is 0 Å². The van der Waals surface area contributed by atoms with E-state index in [0.717, 1.165) is 0 Å². The average Bonchev–Trinajstić information content (AvgIpc) is 2.18. The van der Waals surface area contributed by atoms with Crippen LogP contribution < -0.4 is 0 Å². The number of benzene rings is 1. The van der Waals surface area contributed by atoms with Gasteiger partial charge in [0.15, 0.2) is 0 Å². The first-order chi connectivity index (χ1) is 6.22. The molecule has 1 aromatic carbocycles. The minimum atomic E-state index is -0.313. The quantitative estimate of drug-likeness (QED) is 0.527. The molecule has 0 saturated heterocycles. The SMILES string of the molecule is OCc1cc(CO)c(O)c(CO)c1. The molecule has 0 aliphatic rings. The van der Waals surface area contributed by atoms with Crippen molar-refractivity contribution in [1.82, 2.24) is 0 Å². The number of phenols is 1. The predicted molar refractivity (Wildman–Crippen MR) is 45.9 cm³/mol. The van der Waals surface area contributed by atoms with Gasteiger partial charge in [-0.3, -0.25) is 0 Å². The molecule has 0 fully saturated rings. The molecule has 0 spiro atoms. The lowest BCUT2D eigenvalue weighted by Gasteiger charge is -2.08. The molecule has 13 heavy (non-hydrogen) atoms. The van der Waals surface area contributed by atoms with Gasteiger partial charge in [0, 0.05) is 11.1 Å². The van der Waals surface area contributed by atoms with Gasteiger partial charge in [-0.15, -0.1) is 0 Å². The first-order valence-electron chi connectivity index (χ1n) is 3.89. The normalized spacial score (nSPS) is 10.4. The highest BCUT2D eigenvalue weighted by atomic mass is 16.3. The second-order valence-corrected chi connectivity index (χ2v) is 2.74. The molecule has 0 saturated carbocycles. The van der Waals surface area contributed by atoms with Gasteiger partial charge in [0.25, 0.3) is 0 Å². The van der Waals surface area contributed by atoms with E-state index in [4.69, 9.17) is 15.3 Å². The number of aliphatic hydroxyl groups excluding tert-OH is 3. The van der Waals surface area contributed by atoms with Crippen molar-refractivity contribution in [3.05, 3.63) is 28.8 Å². The highest BCUT2D eigenvalue weighted by Crippen LogP contribution is 2.24. The fraction of sp³-hybridized carbons (Fsp3) is 0.333. The minimum Gasteiger partial charge on any atom is -0.507 e. The Bertz CT molecular complexity index is 271. The van der Waals surface area contributed by atoms with Crippen LogP contribution in [-0.2, 0) is 19.8 Å². The largest absolute Gasteiger partial charge is 0.507 e. The number of aromatic hydroxyl groups is 1. The maximum Gasteiger partial charge on any atom is 0.126 e. The monoisotopic (exact) mass is 184 g/mol. The van der Waals surface area contributed by atoms with E-state index < -0.39 is 0 Å². The van der Waals surface area contributed by atoms with E-state index in [9.17, 15) is 5.11 Å². The van der Waals surface area contributed by atoms with E-state index in [-0.39, 0.29) is 25.6 Å². The third kappa shape index (κ3) is 1.98. The van der Waals surface area contributed by atoms with E-state index in [2.05, 4.69) is 0 Å². The highest BCUT2D eigenvalue weighted by Gasteiger charge is 2.07. The van der Waals surface area contributed by atoms with E-state index in [0.29, 0.717) is 16.7 Å². The summed E-state index contributed by atoms with van der Waals surface area (Å²) in [5.74, 6) is -0.109. The van der Waals surface area contributed by atoms with Gasteiger partial charge < -0.3 is 20.4 Å². The summed E-state index contributed by atoms with van der Waals surface area (Å²) >= 11 is 0. The zero-order chi connectivity index (χ0) is 9.84. The van der Waals surface area contributed by atoms with Crippen LogP contribution in [-0.4, -0.2) is 20.4 Å². The Labute approximate surface area is 75.7 Å². The van der Waals surface area contributed by atoms with Crippen molar-refractivity contribution in [2.24, 2.45) is 0 Å². The van der Waals surface area contributed by atoms with Crippen molar-refractivity contribution in [2.75, 3.05) is 0 Å². The number of rotatable bonds is 3.